The van der Waals surface area contributed by atoms with E-state index in [1.54, 1.807) is 13.0 Å². The second kappa shape index (κ2) is 6.62. The molecule has 7 heteroatoms. The average molecular weight is 346 g/mol. The number of nitrogens with one attached hydrogen (secondary N) is 2. The van der Waals surface area contributed by atoms with Crippen molar-refractivity contribution in [3.63, 3.8) is 0 Å². The Morgan fingerprint density at radius 1 is 1.21 bits per heavy atom. The fraction of sp³-hybridized carbons (Fsp3) is 0.235. The van der Waals surface area contributed by atoms with Gasteiger partial charge in [0.05, 0.1) is 10.6 Å². The summed E-state index contributed by atoms with van der Waals surface area (Å²) in [5.74, 6) is 0.113. The van der Waals surface area contributed by atoms with Gasteiger partial charge in [0.15, 0.2) is 6.61 Å². The van der Waals surface area contributed by atoms with E-state index in [-0.39, 0.29) is 17.4 Å². The molecule has 0 radical (unpaired) electrons. The molecule has 2 aromatic rings. The van der Waals surface area contributed by atoms with Gasteiger partial charge in [-0.05, 0) is 30.5 Å². The van der Waals surface area contributed by atoms with Crippen molar-refractivity contribution in [2.45, 2.75) is 18.2 Å². The lowest BCUT2D eigenvalue weighted by Crippen LogP contribution is -2.28. The Bertz CT molecular complexity index is 864. The molecule has 0 atom stereocenters. The number of amides is 1. The zero-order valence-electron chi connectivity index (χ0n) is 13.2. The Morgan fingerprint density at radius 3 is 2.71 bits per heavy atom. The molecule has 1 aliphatic rings. The molecule has 1 heterocycles. The van der Waals surface area contributed by atoms with E-state index in [2.05, 4.69) is 10.0 Å². The molecule has 0 aromatic heterocycles. The van der Waals surface area contributed by atoms with Crippen LogP contribution < -0.4 is 14.8 Å². The van der Waals surface area contributed by atoms with Crippen LogP contribution in [0.25, 0.3) is 0 Å². The summed E-state index contributed by atoms with van der Waals surface area (Å²) in [6.07, 6.45) is 0.608. The number of hydrogen-bond acceptors (Lipinski definition) is 4. The van der Waals surface area contributed by atoms with E-state index in [1.165, 1.54) is 6.07 Å². The van der Waals surface area contributed by atoms with Crippen molar-refractivity contribution in [2.24, 2.45) is 0 Å². The zero-order valence-corrected chi connectivity index (χ0v) is 14.0. The second-order valence-corrected chi connectivity index (χ2v) is 7.32. The fourth-order valence-corrected chi connectivity index (χ4v) is 3.83. The van der Waals surface area contributed by atoms with E-state index in [1.807, 2.05) is 30.3 Å². The van der Waals surface area contributed by atoms with Gasteiger partial charge in [0, 0.05) is 12.6 Å². The maximum absolute atomic E-state index is 12.5. The van der Waals surface area contributed by atoms with Gasteiger partial charge in [0.1, 0.15) is 5.75 Å². The Morgan fingerprint density at radius 2 is 1.96 bits per heavy atom. The molecule has 126 valence electrons. The molecule has 0 fully saturated rings. The topological polar surface area (TPSA) is 84.5 Å². The summed E-state index contributed by atoms with van der Waals surface area (Å²) in [5, 5.41) is 2.66. The summed E-state index contributed by atoms with van der Waals surface area (Å²) >= 11 is 0. The number of carbonyl (C=O) groups excluding carboxylic acids is 1. The molecule has 0 spiro atoms. The monoisotopic (exact) mass is 346 g/mol. The van der Waals surface area contributed by atoms with Gasteiger partial charge in [0.25, 0.3) is 5.91 Å². The van der Waals surface area contributed by atoms with Crippen LogP contribution in [-0.4, -0.2) is 27.5 Å². The van der Waals surface area contributed by atoms with Gasteiger partial charge in [-0.3, -0.25) is 4.79 Å². The summed E-state index contributed by atoms with van der Waals surface area (Å²) in [7, 11) is -3.65. The van der Waals surface area contributed by atoms with E-state index in [9.17, 15) is 13.2 Å². The highest BCUT2D eigenvalue weighted by Gasteiger charge is 2.23. The number of aryl methyl sites for hydroxylation is 1. The molecule has 2 aromatic carbocycles. The van der Waals surface area contributed by atoms with Crippen molar-refractivity contribution in [3.8, 4) is 5.75 Å². The van der Waals surface area contributed by atoms with Crippen LogP contribution in [-0.2, 0) is 21.2 Å². The van der Waals surface area contributed by atoms with Crippen LogP contribution in [0.3, 0.4) is 0 Å². The molecule has 0 aliphatic carbocycles. The maximum atomic E-state index is 12.5. The SMILES string of the molecule is Cc1cc2c(cc1S(=O)(=O)NCCc1ccccc1)OCC(=O)N2. The molecule has 6 nitrogen and oxygen atoms in total. The lowest BCUT2D eigenvalue weighted by Gasteiger charge is -2.20. The van der Waals surface area contributed by atoms with Crippen LogP contribution in [0.15, 0.2) is 47.4 Å². The predicted octanol–water partition coefficient (Wildman–Crippen LogP) is 1.85. The molecule has 2 N–H and O–H groups in total. The number of rotatable bonds is 5. The second-order valence-electron chi connectivity index (χ2n) is 5.58. The molecular weight excluding hydrogens is 328 g/mol. The zero-order chi connectivity index (χ0) is 17.2. The van der Waals surface area contributed by atoms with Gasteiger partial charge >= 0.3 is 0 Å². The van der Waals surface area contributed by atoms with Gasteiger partial charge < -0.3 is 10.1 Å². The van der Waals surface area contributed by atoms with Crippen LogP contribution in [0.2, 0.25) is 0 Å². The van der Waals surface area contributed by atoms with Crippen molar-refractivity contribution in [2.75, 3.05) is 18.5 Å². The minimum absolute atomic E-state index is 0.114. The smallest absolute Gasteiger partial charge is 0.262 e. The van der Waals surface area contributed by atoms with E-state index in [0.717, 1.165) is 5.56 Å². The Labute approximate surface area is 140 Å². The van der Waals surface area contributed by atoms with Crippen LogP contribution in [0.5, 0.6) is 5.75 Å². The summed E-state index contributed by atoms with van der Waals surface area (Å²) in [4.78, 5) is 11.5. The Kier molecular flexibility index (Phi) is 4.55. The normalized spacial score (nSPS) is 13.8. The number of benzene rings is 2. The number of fused-ring (bicyclic) bond motifs is 1. The van der Waals surface area contributed by atoms with Crippen LogP contribution in [0.4, 0.5) is 5.69 Å². The lowest BCUT2D eigenvalue weighted by atomic mass is 10.2. The standard InChI is InChI=1S/C17H18N2O4S/c1-12-9-14-15(23-11-17(20)19-14)10-16(12)24(21,22)18-8-7-13-5-3-2-4-6-13/h2-6,9-10,18H,7-8,11H2,1H3,(H,19,20). The third-order valence-electron chi connectivity index (χ3n) is 3.75. The van der Waals surface area contributed by atoms with E-state index >= 15 is 0 Å². The number of hydrogen-bond donors (Lipinski definition) is 2. The van der Waals surface area contributed by atoms with Crippen molar-refractivity contribution in [1.82, 2.24) is 4.72 Å². The number of anilines is 1. The predicted molar refractivity (Wildman–Crippen MR) is 90.6 cm³/mol. The van der Waals surface area contributed by atoms with E-state index in [4.69, 9.17) is 4.74 Å². The molecule has 24 heavy (non-hydrogen) atoms. The largest absolute Gasteiger partial charge is 0.482 e. The van der Waals surface area contributed by atoms with Gasteiger partial charge in [-0.25, -0.2) is 13.1 Å². The maximum Gasteiger partial charge on any atom is 0.262 e. The van der Waals surface area contributed by atoms with Gasteiger partial charge in [-0.2, -0.15) is 0 Å². The quantitative estimate of drug-likeness (QED) is 0.865. The van der Waals surface area contributed by atoms with Gasteiger partial charge in [-0.1, -0.05) is 30.3 Å². The minimum atomic E-state index is -3.65. The highest BCUT2D eigenvalue weighted by Crippen LogP contribution is 2.32. The third kappa shape index (κ3) is 3.58. The lowest BCUT2D eigenvalue weighted by molar-refractivity contribution is -0.118. The summed E-state index contributed by atoms with van der Waals surface area (Å²) in [6, 6.07) is 12.7. The molecule has 1 aliphatic heterocycles. The van der Waals surface area contributed by atoms with Gasteiger partial charge in [-0.15, -0.1) is 0 Å². The molecule has 0 bridgehead atoms. The van der Waals surface area contributed by atoms with Crippen molar-refractivity contribution < 1.29 is 17.9 Å². The van der Waals surface area contributed by atoms with Crippen LogP contribution in [0.1, 0.15) is 11.1 Å². The summed E-state index contributed by atoms with van der Waals surface area (Å²) < 4.78 is 33.0. The third-order valence-corrected chi connectivity index (χ3v) is 5.35. The average Bonchev–Trinajstić information content (AvgIpc) is 2.54. The Balaban J connectivity index is 1.76. The Hall–Kier alpha value is -2.38. The first-order valence-electron chi connectivity index (χ1n) is 7.56. The number of carbonyl (C=O) groups is 1. The first kappa shape index (κ1) is 16.5. The summed E-state index contributed by atoms with van der Waals surface area (Å²) in [5.41, 5.74) is 2.10. The van der Waals surface area contributed by atoms with E-state index < -0.39 is 10.0 Å². The van der Waals surface area contributed by atoms with Crippen LogP contribution in [0, 0.1) is 6.92 Å². The van der Waals surface area contributed by atoms with Crippen molar-refractivity contribution in [1.29, 1.82) is 0 Å². The van der Waals surface area contributed by atoms with Gasteiger partial charge in [0.2, 0.25) is 10.0 Å². The van der Waals surface area contributed by atoms with E-state index in [0.29, 0.717) is 30.0 Å². The fourth-order valence-electron chi connectivity index (χ4n) is 2.56. The summed E-state index contributed by atoms with van der Waals surface area (Å²) in [6.45, 7) is 1.88. The molecule has 0 unspecified atom stereocenters. The molecular formula is C17H18N2O4S. The molecule has 3 rings (SSSR count). The number of sulfonamides is 1. The highest BCUT2D eigenvalue weighted by atomic mass is 32.2. The number of ether oxygens (including phenoxy) is 1. The first-order chi connectivity index (χ1) is 11.5. The van der Waals surface area contributed by atoms with Crippen LogP contribution >= 0.6 is 0 Å². The van der Waals surface area contributed by atoms with Crippen molar-refractivity contribution >= 4 is 21.6 Å². The first-order valence-corrected chi connectivity index (χ1v) is 9.05. The molecule has 1 amide bonds. The highest BCUT2D eigenvalue weighted by molar-refractivity contribution is 7.89. The van der Waals surface area contributed by atoms with Crippen molar-refractivity contribution in [3.05, 3.63) is 53.6 Å². The minimum Gasteiger partial charge on any atom is -0.482 e. The molecule has 0 saturated carbocycles. The molecule has 0 saturated heterocycles.